The van der Waals surface area contributed by atoms with E-state index in [1.54, 1.807) is 0 Å². The van der Waals surface area contributed by atoms with Crippen molar-refractivity contribution in [2.45, 2.75) is 65.7 Å². The van der Waals surface area contributed by atoms with Gasteiger partial charge in [0.2, 0.25) is 0 Å². The molecule has 4 rings (SSSR count). The van der Waals surface area contributed by atoms with E-state index in [1.807, 2.05) is 12.2 Å². The first-order valence-electron chi connectivity index (χ1n) is 10.3. The molecule has 0 aromatic heterocycles. The van der Waals surface area contributed by atoms with Crippen LogP contribution in [0.25, 0.3) is 0 Å². The van der Waals surface area contributed by atoms with Gasteiger partial charge in [-0.1, -0.05) is 25.0 Å². The standard InChI is InChI=1S/C23H30O4/c1-14(24)27-11-9-15-5-7-19-18-6-4-16-12-17(25)8-10-22(16,2)21(18)20(26)13-23(15,19)3/h9,12,18-19,21H,4-8,10-11,13H2,1-3H3/b15-9+/t18-,19-,21+,22-,23-/m1/s1. The summed E-state index contributed by atoms with van der Waals surface area (Å²) >= 11 is 0. The molecule has 0 bridgehead atoms. The number of carbonyl (C=O) groups is 3. The molecule has 27 heavy (non-hydrogen) atoms. The van der Waals surface area contributed by atoms with Gasteiger partial charge in [-0.2, -0.15) is 0 Å². The molecular weight excluding hydrogens is 340 g/mol. The minimum absolute atomic E-state index is 0.0662. The quantitative estimate of drug-likeness (QED) is 0.540. The van der Waals surface area contributed by atoms with Crippen molar-refractivity contribution >= 4 is 17.5 Å². The summed E-state index contributed by atoms with van der Waals surface area (Å²) in [5, 5.41) is 0. The summed E-state index contributed by atoms with van der Waals surface area (Å²) in [6, 6.07) is 0. The van der Waals surface area contributed by atoms with Gasteiger partial charge < -0.3 is 4.74 Å². The molecule has 0 amide bonds. The summed E-state index contributed by atoms with van der Waals surface area (Å²) in [4.78, 5) is 36.4. The summed E-state index contributed by atoms with van der Waals surface area (Å²) in [5.41, 5.74) is 2.30. The highest BCUT2D eigenvalue weighted by atomic mass is 16.5. The van der Waals surface area contributed by atoms with Crippen molar-refractivity contribution in [2.75, 3.05) is 6.61 Å². The Morgan fingerprint density at radius 2 is 1.96 bits per heavy atom. The highest BCUT2D eigenvalue weighted by molar-refractivity contribution is 5.93. The third-order valence-corrected chi connectivity index (χ3v) is 8.12. The molecule has 0 aliphatic heterocycles. The molecule has 5 atom stereocenters. The molecule has 0 spiro atoms. The number of fused-ring (bicyclic) bond motifs is 5. The van der Waals surface area contributed by atoms with Crippen molar-refractivity contribution in [3.63, 3.8) is 0 Å². The number of ketones is 2. The van der Waals surface area contributed by atoms with Gasteiger partial charge in [0.25, 0.3) is 0 Å². The van der Waals surface area contributed by atoms with Crippen molar-refractivity contribution in [3.05, 3.63) is 23.3 Å². The number of Topliss-reactive ketones (excluding diaryl/α,β-unsaturated/α-hetero) is 1. The topological polar surface area (TPSA) is 60.4 Å². The van der Waals surface area contributed by atoms with Crippen LogP contribution in [0.1, 0.15) is 65.7 Å². The van der Waals surface area contributed by atoms with Crippen LogP contribution >= 0.6 is 0 Å². The Kier molecular flexibility index (Phi) is 4.44. The van der Waals surface area contributed by atoms with Crippen LogP contribution in [0.4, 0.5) is 0 Å². The van der Waals surface area contributed by atoms with E-state index in [1.165, 1.54) is 18.1 Å². The Bertz CT molecular complexity index is 760. The zero-order chi connectivity index (χ0) is 19.4. The molecule has 4 heteroatoms. The van der Waals surface area contributed by atoms with Crippen LogP contribution < -0.4 is 0 Å². The zero-order valence-electron chi connectivity index (χ0n) is 16.7. The molecule has 4 nitrogen and oxygen atoms in total. The summed E-state index contributed by atoms with van der Waals surface area (Å²) in [5.74, 6) is 1.33. The maximum atomic E-state index is 13.4. The summed E-state index contributed by atoms with van der Waals surface area (Å²) in [6.45, 7) is 6.21. The molecule has 0 radical (unpaired) electrons. The highest BCUT2D eigenvalue weighted by Gasteiger charge is 2.60. The number of allylic oxidation sites excluding steroid dienone is 2. The van der Waals surface area contributed by atoms with Gasteiger partial charge in [-0.15, -0.1) is 0 Å². The lowest BCUT2D eigenvalue weighted by Crippen LogP contribution is -2.54. The van der Waals surface area contributed by atoms with Gasteiger partial charge >= 0.3 is 5.97 Å². The van der Waals surface area contributed by atoms with E-state index in [9.17, 15) is 14.4 Å². The molecule has 0 aromatic carbocycles. The molecular formula is C23H30O4. The maximum absolute atomic E-state index is 13.4. The molecule has 0 saturated heterocycles. The lowest BCUT2D eigenvalue weighted by Gasteiger charge is -2.56. The predicted molar refractivity (Wildman–Crippen MR) is 102 cm³/mol. The number of carbonyl (C=O) groups excluding carboxylic acids is 3. The van der Waals surface area contributed by atoms with Crippen molar-refractivity contribution in [2.24, 2.45) is 28.6 Å². The molecule has 4 aliphatic rings. The van der Waals surface area contributed by atoms with E-state index in [0.717, 1.165) is 32.1 Å². The Hall–Kier alpha value is -1.71. The predicted octanol–water partition coefficient (Wildman–Crippen LogP) is 4.19. The first-order chi connectivity index (χ1) is 12.8. The second kappa shape index (κ2) is 6.42. The van der Waals surface area contributed by atoms with Gasteiger partial charge in [-0.3, -0.25) is 14.4 Å². The van der Waals surface area contributed by atoms with Gasteiger partial charge in [0, 0.05) is 25.7 Å². The van der Waals surface area contributed by atoms with Crippen LogP contribution in [-0.2, 0) is 19.1 Å². The smallest absolute Gasteiger partial charge is 0.302 e. The minimum atomic E-state index is -0.266. The van der Waals surface area contributed by atoms with Gasteiger partial charge in [0.05, 0.1) is 0 Å². The van der Waals surface area contributed by atoms with Crippen molar-refractivity contribution < 1.29 is 19.1 Å². The van der Waals surface area contributed by atoms with E-state index in [0.29, 0.717) is 37.1 Å². The molecule has 3 fully saturated rings. The normalized spacial score (nSPS) is 42.3. The zero-order valence-corrected chi connectivity index (χ0v) is 16.7. The molecule has 0 N–H and O–H groups in total. The second-order valence-electron chi connectivity index (χ2n) is 9.47. The Balaban J connectivity index is 1.64. The summed E-state index contributed by atoms with van der Waals surface area (Å²) in [6.07, 6.45) is 9.96. The largest absolute Gasteiger partial charge is 0.462 e. The number of esters is 1. The molecule has 3 saturated carbocycles. The molecule has 146 valence electrons. The van der Waals surface area contributed by atoms with Gasteiger partial charge in [0.1, 0.15) is 12.4 Å². The van der Waals surface area contributed by atoms with Crippen LogP contribution in [0.15, 0.2) is 23.3 Å². The van der Waals surface area contributed by atoms with Gasteiger partial charge in [0.15, 0.2) is 5.78 Å². The molecule has 0 unspecified atom stereocenters. The summed E-state index contributed by atoms with van der Waals surface area (Å²) < 4.78 is 5.12. The third-order valence-electron chi connectivity index (χ3n) is 8.12. The van der Waals surface area contributed by atoms with Gasteiger partial charge in [-0.25, -0.2) is 0 Å². The van der Waals surface area contributed by atoms with Gasteiger partial charge in [-0.05, 0) is 66.9 Å². The van der Waals surface area contributed by atoms with E-state index < -0.39 is 0 Å². The lowest BCUT2D eigenvalue weighted by atomic mass is 9.47. The molecule has 4 aliphatic carbocycles. The van der Waals surface area contributed by atoms with E-state index >= 15 is 0 Å². The van der Waals surface area contributed by atoms with E-state index in [4.69, 9.17) is 4.74 Å². The first-order valence-corrected chi connectivity index (χ1v) is 10.3. The number of rotatable bonds is 2. The van der Waals surface area contributed by atoms with Crippen LogP contribution in [0, 0.1) is 28.6 Å². The van der Waals surface area contributed by atoms with E-state index in [2.05, 4.69) is 13.8 Å². The fraction of sp³-hybridized carbons (Fsp3) is 0.696. The Morgan fingerprint density at radius 1 is 1.19 bits per heavy atom. The summed E-state index contributed by atoms with van der Waals surface area (Å²) in [7, 11) is 0. The van der Waals surface area contributed by atoms with Crippen LogP contribution in [0.2, 0.25) is 0 Å². The fourth-order valence-corrected chi connectivity index (χ4v) is 6.83. The van der Waals surface area contributed by atoms with Crippen LogP contribution in [0.3, 0.4) is 0 Å². The number of hydrogen-bond acceptors (Lipinski definition) is 4. The molecule has 0 heterocycles. The fourth-order valence-electron chi connectivity index (χ4n) is 6.83. The second-order valence-corrected chi connectivity index (χ2v) is 9.47. The average molecular weight is 370 g/mol. The van der Waals surface area contributed by atoms with Crippen LogP contribution in [0.5, 0.6) is 0 Å². The minimum Gasteiger partial charge on any atom is -0.462 e. The monoisotopic (exact) mass is 370 g/mol. The van der Waals surface area contributed by atoms with E-state index in [-0.39, 0.29) is 28.5 Å². The highest BCUT2D eigenvalue weighted by Crippen LogP contribution is 2.65. The van der Waals surface area contributed by atoms with Crippen molar-refractivity contribution in [1.82, 2.24) is 0 Å². The number of hydrogen-bond donors (Lipinski definition) is 0. The Morgan fingerprint density at radius 3 is 2.70 bits per heavy atom. The first kappa shape index (κ1) is 18.6. The SMILES string of the molecule is CC(=O)OC/C=C1\CC[C@@H]2[C@H]3CCC4=CC(=O)CC[C@@]4(C)[C@@H]3C(=O)C[C@]12C. The Labute approximate surface area is 161 Å². The lowest BCUT2D eigenvalue weighted by molar-refractivity contribution is -0.143. The molecule has 0 aromatic rings. The van der Waals surface area contributed by atoms with Crippen molar-refractivity contribution in [3.8, 4) is 0 Å². The van der Waals surface area contributed by atoms with Crippen molar-refractivity contribution in [1.29, 1.82) is 0 Å². The number of ether oxygens (including phenoxy) is 1. The van der Waals surface area contributed by atoms with Crippen LogP contribution in [-0.4, -0.2) is 24.1 Å². The maximum Gasteiger partial charge on any atom is 0.302 e. The average Bonchev–Trinajstić information content (AvgIpc) is 2.91. The third kappa shape index (κ3) is 2.83.